The van der Waals surface area contributed by atoms with Gasteiger partial charge in [0.05, 0.1) is 0 Å². The molecule has 14 heavy (non-hydrogen) atoms. The first kappa shape index (κ1) is 14.0. The van der Waals surface area contributed by atoms with Crippen molar-refractivity contribution in [3.05, 3.63) is 0 Å². The lowest BCUT2D eigenvalue weighted by atomic mass is 9.68. The van der Waals surface area contributed by atoms with Gasteiger partial charge in [0, 0.05) is 6.04 Å². The maximum absolute atomic E-state index is 3.32. The molecule has 0 aromatic rings. The van der Waals surface area contributed by atoms with Crippen molar-refractivity contribution in [2.24, 2.45) is 17.3 Å². The largest absolute Gasteiger partial charge is 0.317 e. The van der Waals surface area contributed by atoms with Crippen molar-refractivity contribution in [1.82, 2.24) is 5.32 Å². The topological polar surface area (TPSA) is 12.0 Å². The van der Waals surface area contributed by atoms with E-state index in [2.05, 4.69) is 46.9 Å². The van der Waals surface area contributed by atoms with Crippen molar-refractivity contribution >= 4 is 0 Å². The fourth-order valence-corrected chi connectivity index (χ4v) is 1.96. The minimum absolute atomic E-state index is 0.458. The van der Waals surface area contributed by atoms with E-state index >= 15 is 0 Å². The second-order valence-electron chi connectivity index (χ2n) is 5.46. The molecule has 0 heterocycles. The van der Waals surface area contributed by atoms with Crippen LogP contribution in [0.3, 0.4) is 0 Å². The summed E-state index contributed by atoms with van der Waals surface area (Å²) in [5.41, 5.74) is 0.458. The fraction of sp³-hybridized carbons (Fsp3) is 1.00. The van der Waals surface area contributed by atoms with Crippen molar-refractivity contribution in [3.63, 3.8) is 0 Å². The van der Waals surface area contributed by atoms with Crippen LogP contribution in [0, 0.1) is 17.3 Å². The Kier molecular flexibility index (Phi) is 5.73. The van der Waals surface area contributed by atoms with Gasteiger partial charge in [-0.15, -0.1) is 0 Å². The molecule has 0 rings (SSSR count). The van der Waals surface area contributed by atoms with E-state index in [0.717, 1.165) is 11.8 Å². The Morgan fingerprint density at radius 1 is 1.07 bits per heavy atom. The third kappa shape index (κ3) is 3.61. The van der Waals surface area contributed by atoms with Gasteiger partial charge in [-0.3, -0.25) is 0 Å². The molecule has 0 bridgehead atoms. The number of hydrogen-bond donors (Lipinski definition) is 1. The van der Waals surface area contributed by atoms with Crippen molar-refractivity contribution < 1.29 is 0 Å². The molecule has 0 amide bonds. The molecule has 1 nitrogen and oxygen atoms in total. The van der Waals surface area contributed by atoms with Gasteiger partial charge >= 0.3 is 0 Å². The van der Waals surface area contributed by atoms with Gasteiger partial charge in [0.1, 0.15) is 0 Å². The maximum Gasteiger partial charge on any atom is 0.00384 e. The third-order valence-corrected chi connectivity index (χ3v) is 4.35. The highest BCUT2D eigenvalue weighted by Crippen LogP contribution is 2.38. The molecule has 0 fully saturated rings. The van der Waals surface area contributed by atoms with Crippen LogP contribution in [0.15, 0.2) is 0 Å². The average Bonchev–Trinajstić information content (AvgIpc) is 2.15. The van der Waals surface area contributed by atoms with Crippen LogP contribution in [0.1, 0.15) is 54.4 Å². The number of nitrogens with one attached hydrogen (secondary N) is 1. The van der Waals surface area contributed by atoms with Crippen LogP contribution in [0.4, 0.5) is 0 Å². The molecule has 0 aliphatic carbocycles. The molecule has 0 aromatic carbocycles. The molecule has 1 N–H and O–H groups in total. The number of rotatable bonds is 6. The Balaban J connectivity index is 4.27. The third-order valence-electron chi connectivity index (χ3n) is 4.35. The van der Waals surface area contributed by atoms with E-state index in [1.54, 1.807) is 0 Å². The lowest BCUT2D eigenvalue weighted by Crippen LogP contribution is -2.34. The first-order chi connectivity index (χ1) is 6.36. The summed E-state index contributed by atoms with van der Waals surface area (Å²) < 4.78 is 0. The van der Waals surface area contributed by atoms with E-state index < -0.39 is 0 Å². The highest BCUT2D eigenvalue weighted by molar-refractivity contribution is 4.82. The van der Waals surface area contributed by atoms with Crippen molar-refractivity contribution in [2.75, 3.05) is 7.05 Å². The predicted octanol–water partition coefficient (Wildman–Crippen LogP) is 3.69. The highest BCUT2D eigenvalue weighted by Gasteiger charge is 2.31. The molecule has 1 heteroatoms. The summed E-state index contributed by atoms with van der Waals surface area (Å²) in [6.45, 7) is 14.1. The van der Waals surface area contributed by atoms with E-state index in [4.69, 9.17) is 0 Å². The first-order valence-corrected chi connectivity index (χ1v) is 6.03. The molecular formula is C13H29N. The quantitative estimate of drug-likeness (QED) is 0.688. The van der Waals surface area contributed by atoms with E-state index in [0.29, 0.717) is 11.5 Å². The lowest BCUT2D eigenvalue weighted by Gasteiger charge is -2.38. The Bertz CT molecular complexity index is 151. The predicted molar refractivity (Wildman–Crippen MR) is 65.5 cm³/mol. The first-order valence-electron chi connectivity index (χ1n) is 6.03. The Labute approximate surface area is 90.7 Å². The van der Waals surface area contributed by atoms with Crippen molar-refractivity contribution in [2.45, 2.75) is 60.4 Å². The molecule has 0 saturated heterocycles. The van der Waals surface area contributed by atoms with Gasteiger partial charge in [0.15, 0.2) is 0 Å². The average molecular weight is 199 g/mol. The maximum atomic E-state index is 3.32. The summed E-state index contributed by atoms with van der Waals surface area (Å²) in [4.78, 5) is 0. The van der Waals surface area contributed by atoms with E-state index in [9.17, 15) is 0 Å². The monoisotopic (exact) mass is 199 g/mol. The zero-order valence-electron chi connectivity index (χ0n) is 11.1. The standard InChI is InChI=1S/C13H29N/c1-8-10(2)13(5,6)11(3)9-12(4)14-7/h10-12,14H,8-9H2,1-7H3. The molecule has 0 aromatic heterocycles. The molecule has 0 aliphatic rings. The van der Waals surface area contributed by atoms with Gasteiger partial charge in [-0.2, -0.15) is 0 Å². The molecule has 0 spiro atoms. The minimum atomic E-state index is 0.458. The van der Waals surface area contributed by atoms with E-state index in [1.807, 2.05) is 7.05 Å². The van der Waals surface area contributed by atoms with Crippen molar-refractivity contribution in [3.8, 4) is 0 Å². The minimum Gasteiger partial charge on any atom is -0.317 e. The van der Waals surface area contributed by atoms with Gasteiger partial charge < -0.3 is 5.32 Å². The van der Waals surface area contributed by atoms with Gasteiger partial charge in [0.2, 0.25) is 0 Å². The van der Waals surface area contributed by atoms with Crippen LogP contribution >= 0.6 is 0 Å². The molecule has 86 valence electrons. The van der Waals surface area contributed by atoms with Crippen molar-refractivity contribution in [1.29, 1.82) is 0 Å². The van der Waals surface area contributed by atoms with Crippen LogP contribution in [0.25, 0.3) is 0 Å². The van der Waals surface area contributed by atoms with Crippen LogP contribution < -0.4 is 5.32 Å². The molecule has 0 radical (unpaired) electrons. The van der Waals surface area contributed by atoms with Gasteiger partial charge in [0.25, 0.3) is 0 Å². The molecule has 3 atom stereocenters. The normalized spacial score (nSPS) is 19.1. The SMILES string of the molecule is CCC(C)C(C)(C)C(C)CC(C)NC. The molecule has 0 aliphatic heterocycles. The smallest absolute Gasteiger partial charge is 0.00384 e. The zero-order valence-corrected chi connectivity index (χ0v) is 11.1. The molecule has 0 saturated carbocycles. The highest BCUT2D eigenvalue weighted by atomic mass is 14.8. The van der Waals surface area contributed by atoms with E-state index in [1.165, 1.54) is 12.8 Å². The Morgan fingerprint density at radius 2 is 1.57 bits per heavy atom. The van der Waals surface area contributed by atoms with E-state index in [-0.39, 0.29) is 0 Å². The number of hydrogen-bond acceptors (Lipinski definition) is 1. The summed E-state index contributed by atoms with van der Waals surface area (Å²) in [5, 5.41) is 3.32. The van der Waals surface area contributed by atoms with Crippen LogP contribution in [0.5, 0.6) is 0 Å². The van der Waals surface area contributed by atoms with Gasteiger partial charge in [-0.1, -0.05) is 41.0 Å². The van der Waals surface area contributed by atoms with Crippen LogP contribution in [-0.2, 0) is 0 Å². The summed E-state index contributed by atoms with van der Waals surface area (Å²) in [6.07, 6.45) is 2.55. The summed E-state index contributed by atoms with van der Waals surface area (Å²) in [5.74, 6) is 1.58. The lowest BCUT2D eigenvalue weighted by molar-refractivity contribution is 0.120. The fourth-order valence-electron chi connectivity index (χ4n) is 1.96. The Hall–Kier alpha value is -0.0400. The van der Waals surface area contributed by atoms with Gasteiger partial charge in [-0.05, 0) is 37.6 Å². The summed E-state index contributed by atoms with van der Waals surface area (Å²) in [6, 6.07) is 0.633. The van der Waals surface area contributed by atoms with Gasteiger partial charge in [-0.25, -0.2) is 0 Å². The zero-order chi connectivity index (χ0) is 11.4. The Morgan fingerprint density at radius 3 is 1.93 bits per heavy atom. The second kappa shape index (κ2) is 5.75. The molecule has 3 unspecified atom stereocenters. The second-order valence-corrected chi connectivity index (χ2v) is 5.46. The molecular weight excluding hydrogens is 170 g/mol. The summed E-state index contributed by atoms with van der Waals surface area (Å²) >= 11 is 0. The van der Waals surface area contributed by atoms with Crippen LogP contribution in [-0.4, -0.2) is 13.1 Å². The summed E-state index contributed by atoms with van der Waals surface area (Å²) in [7, 11) is 2.05. The van der Waals surface area contributed by atoms with Crippen LogP contribution in [0.2, 0.25) is 0 Å².